The van der Waals surface area contributed by atoms with Gasteiger partial charge in [0.25, 0.3) is 0 Å². The van der Waals surface area contributed by atoms with Gasteiger partial charge >= 0.3 is 0 Å². The molecule has 1 aliphatic carbocycles. The van der Waals surface area contributed by atoms with Gasteiger partial charge in [0.15, 0.2) is 0 Å². The molecule has 120 valence electrons. The zero-order valence-electron chi connectivity index (χ0n) is 13.4. The molecule has 5 nitrogen and oxygen atoms in total. The zero-order valence-corrected chi connectivity index (χ0v) is 13.4. The molecule has 2 bridgehead atoms. The lowest BCUT2D eigenvalue weighted by atomic mass is 9.83. The minimum absolute atomic E-state index is 0.660. The minimum atomic E-state index is 0.660. The molecule has 0 radical (unpaired) electrons. The Kier molecular flexibility index (Phi) is 3.90. The van der Waals surface area contributed by atoms with Crippen molar-refractivity contribution in [2.24, 2.45) is 11.8 Å². The van der Waals surface area contributed by atoms with E-state index in [1.807, 2.05) is 6.07 Å². The maximum absolute atomic E-state index is 5.25. The van der Waals surface area contributed by atoms with Gasteiger partial charge in [-0.15, -0.1) is 0 Å². The maximum Gasteiger partial charge on any atom is 0.218 e. The van der Waals surface area contributed by atoms with Crippen LogP contribution in [0.15, 0.2) is 12.4 Å². The molecule has 0 spiro atoms. The SMILES string of the molecule is COc1cc(N2C[C@H]3CC[C@@H](C2)N(CC2CCC2)C3)ncn1. The van der Waals surface area contributed by atoms with Crippen molar-refractivity contribution in [3.8, 4) is 5.88 Å². The van der Waals surface area contributed by atoms with E-state index in [1.165, 1.54) is 45.2 Å². The van der Waals surface area contributed by atoms with E-state index in [9.17, 15) is 0 Å². The topological polar surface area (TPSA) is 41.5 Å². The average Bonchev–Trinajstić information content (AvgIpc) is 2.82. The standard InChI is InChI=1S/C17H26N4O/c1-22-17-7-16(18-12-19-17)21-10-14-5-6-15(11-21)20(9-14)8-13-3-2-4-13/h7,12-15H,2-6,8-11H2,1H3/t14-,15-/m0/s1. The molecular weight excluding hydrogens is 276 g/mol. The molecule has 0 unspecified atom stereocenters. The fourth-order valence-corrected chi connectivity index (χ4v) is 4.21. The third-order valence-electron chi connectivity index (χ3n) is 5.71. The summed E-state index contributed by atoms with van der Waals surface area (Å²) in [6, 6.07) is 2.67. The first kappa shape index (κ1) is 14.2. The van der Waals surface area contributed by atoms with E-state index in [1.54, 1.807) is 13.4 Å². The highest BCUT2D eigenvalue weighted by atomic mass is 16.5. The number of hydrogen-bond donors (Lipinski definition) is 0. The van der Waals surface area contributed by atoms with E-state index in [0.717, 1.165) is 30.7 Å². The van der Waals surface area contributed by atoms with Crippen LogP contribution in [0.5, 0.6) is 5.88 Å². The minimum Gasteiger partial charge on any atom is -0.481 e. The van der Waals surface area contributed by atoms with Crippen molar-refractivity contribution in [3.63, 3.8) is 0 Å². The molecule has 0 N–H and O–H groups in total. The van der Waals surface area contributed by atoms with Crippen molar-refractivity contribution >= 4 is 5.82 Å². The summed E-state index contributed by atoms with van der Waals surface area (Å²) in [6.45, 7) is 4.82. The predicted octanol–water partition coefficient (Wildman–Crippen LogP) is 2.19. The number of anilines is 1. The van der Waals surface area contributed by atoms with E-state index in [4.69, 9.17) is 4.74 Å². The number of methoxy groups -OCH3 is 1. The Morgan fingerprint density at radius 1 is 1.14 bits per heavy atom. The van der Waals surface area contributed by atoms with Crippen molar-refractivity contribution < 1.29 is 4.74 Å². The summed E-state index contributed by atoms with van der Waals surface area (Å²) in [5, 5.41) is 0. The Balaban J connectivity index is 1.49. The quantitative estimate of drug-likeness (QED) is 0.853. The van der Waals surface area contributed by atoms with E-state index < -0.39 is 0 Å². The maximum atomic E-state index is 5.25. The summed E-state index contributed by atoms with van der Waals surface area (Å²) >= 11 is 0. The van der Waals surface area contributed by atoms with Crippen LogP contribution in [0.2, 0.25) is 0 Å². The zero-order chi connectivity index (χ0) is 14.9. The first-order chi connectivity index (χ1) is 10.8. The normalized spacial score (nSPS) is 29.2. The highest BCUT2D eigenvalue weighted by molar-refractivity contribution is 5.41. The van der Waals surface area contributed by atoms with Crippen molar-refractivity contribution in [2.45, 2.75) is 38.1 Å². The van der Waals surface area contributed by atoms with Gasteiger partial charge in [0, 0.05) is 38.3 Å². The highest BCUT2D eigenvalue weighted by Crippen LogP contribution is 2.34. The molecule has 4 heterocycles. The fourth-order valence-electron chi connectivity index (χ4n) is 4.21. The fraction of sp³-hybridized carbons (Fsp3) is 0.765. The Bertz CT molecular complexity index is 519. The summed E-state index contributed by atoms with van der Waals surface area (Å²) in [6.07, 6.45) is 8.66. The Hall–Kier alpha value is -1.36. The van der Waals surface area contributed by atoms with Gasteiger partial charge in [-0.05, 0) is 37.5 Å². The van der Waals surface area contributed by atoms with Crippen molar-refractivity contribution in [1.29, 1.82) is 0 Å². The van der Waals surface area contributed by atoms with E-state index in [-0.39, 0.29) is 0 Å². The van der Waals surface area contributed by atoms with E-state index in [0.29, 0.717) is 11.9 Å². The van der Waals surface area contributed by atoms with Crippen LogP contribution >= 0.6 is 0 Å². The van der Waals surface area contributed by atoms with Crippen LogP contribution in [-0.4, -0.2) is 54.2 Å². The summed E-state index contributed by atoms with van der Waals surface area (Å²) in [4.78, 5) is 13.8. The molecule has 4 fully saturated rings. The molecule has 3 aliphatic heterocycles. The van der Waals surface area contributed by atoms with Crippen LogP contribution in [0, 0.1) is 11.8 Å². The molecule has 5 heteroatoms. The number of aromatic nitrogens is 2. The van der Waals surface area contributed by atoms with Crippen LogP contribution in [0.3, 0.4) is 0 Å². The lowest BCUT2D eigenvalue weighted by Gasteiger charge is -2.40. The first-order valence-corrected chi connectivity index (χ1v) is 8.67. The predicted molar refractivity (Wildman–Crippen MR) is 86.2 cm³/mol. The van der Waals surface area contributed by atoms with Crippen LogP contribution in [-0.2, 0) is 0 Å². The smallest absolute Gasteiger partial charge is 0.218 e. The molecule has 3 saturated heterocycles. The second kappa shape index (κ2) is 6.03. The van der Waals surface area contributed by atoms with Gasteiger partial charge in [-0.2, -0.15) is 0 Å². The molecule has 0 amide bonds. The third-order valence-corrected chi connectivity index (χ3v) is 5.71. The van der Waals surface area contributed by atoms with Gasteiger partial charge in [-0.3, -0.25) is 4.90 Å². The Morgan fingerprint density at radius 2 is 2.05 bits per heavy atom. The van der Waals surface area contributed by atoms with Gasteiger partial charge in [0.05, 0.1) is 7.11 Å². The number of rotatable bonds is 4. The van der Waals surface area contributed by atoms with Crippen LogP contribution in [0.1, 0.15) is 32.1 Å². The second-order valence-electron chi connectivity index (χ2n) is 7.17. The second-order valence-corrected chi connectivity index (χ2v) is 7.17. The lowest BCUT2D eigenvalue weighted by Crippen LogP contribution is -2.47. The number of ether oxygens (including phenoxy) is 1. The molecule has 1 aromatic rings. The highest BCUT2D eigenvalue weighted by Gasteiger charge is 2.36. The molecular formula is C17H26N4O. The molecule has 5 rings (SSSR count). The van der Waals surface area contributed by atoms with Gasteiger partial charge in [-0.25, -0.2) is 9.97 Å². The number of hydrogen-bond acceptors (Lipinski definition) is 5. The monoisotopic (exact) mass is 302 g/mol. The first-order valence-electron chi connectivity index (χ1n) is 8.67. The lowest BCUT2D eigenvalue weighted by molar-refractivity contribution is 0.0917. The Morgan fingerprint density at radius 3 is 2.82 bits per heavy atom. The number of fused-ring (bicyclic) bond motifs is 4. The summed E-state index contributed by atoms with van der Waals surface area (Å²) in [5.74, 6) is 3.42. The van der Waals surface area contributed by atoms with Gasteiger partial charge in [0.2, 0.25) is 5.88 Å². The van der Waals surface area contributed by atoms with Crippen LogP contribution < -0.4 is 9.64 Å². The molecule has 22 heavy (non-hydrogen) atoms. The molecule has 1 saturated carbocycles. The van der Waals surface area contributed by atoms with Crippen molar-refractivity contribution in [3.05, 3.63) is 12.4 Å². The molecule has 2 atom stereocenters. The average molecular weight is 302 g/mol. The third kappa shape index (κ3) is 2.78. The van der Waals surface area contributed by atoms with Crippen LogP contribution in [0.25, 0.3) is 0 Å². The Labute approximate surface area is 132 Å². The largest absolute Gasteiger partial charge is 0.481 e. The number of nitrogens with zero attached hydrogens (tertiary/aromatic N) is 4. The summed E-state index contributed by atoms with van der Waals surface area (Å²) in [5.41, 5.74) is 0. The van der Waals surface area contributed by atoms with E-state index in [2.05, 4.69) is 19.8 Å². The van der Waals surface area contributed by atoms with Crippen molar-refractivity contribution in [1.82, 2.24) is 14.9 Å². The number of piperidine rings is 1. The van der Waals surface area contributed by atoms with Crippen LogP contribution in [0.4, 0.5) is 5.82 Å². The molecule has 1 aromatic heterocycles. The van der Waals surface area contributed by atoms with E-state index >= 15 is 0 Å². The summed E-state index contributed by atoms with van der Waals surface area (Å²) < 4.78 is 5.25. The van der Waals surface area contributed by atoms with Crippen molar-refractivity contribution in [2.75, 3.05) is 38.2 Å². The van der Waals surface area contributed by atoms with Gasteiger partial charge in [0.1, 0.15) is 12.1 Å². The molecule has 0 aromatic carbocycles. The summed E-state index contributed by atoms with van der Waals surface area (Å²) in [7, 11) is 1.67. The van der Waals surface area contributed by atoms with Gasteiger partial charge in [-0.1, -0.05) is 6.42 Å². The molecule has 4 aliphatic rings. The van der Waals surface area contributed by atoms with Gasteiger partial charge < -0.3 is 9.64 Å².